The normalized spacial score (nSPS) is 12.5. The maximum Gasteiger partial charge on any atom is 0.257 e. The van der Waals surface area contributed by atoms with Crippen LogP contribution in [-0.4, -0.2) is 4.98 Å². The lowest BCUT2D eigenvalue weighted by molar-refractivity contribution is -0.704. The summed E-state index contributed by atoms with van der Waals surface area (Å²) in [5, 5.41) is 0. The van der Waals surface area contributed by atoms with Gasteiger partial charge in [0.15, 0.2) is 0 Å². The molecule has 1 heterocycles. The average Bonchev–Trinajstić information content (AvgIpc) is 3.18. The highest BCUT2D eigenvalue weighted by Crippen LogP contribution is 2.26. The molecule has 0 aromatic carbocycles. The van der Waals surface area contributed by atoms with Crippen LogP contribution in [0.4, 0.5) is 0 Å². The molecule has 2 nitrogen and oxygen atoms in total. The summed E-state index contributed by atoms with van der Waals surface area (Å²) in [5.41, 5.74) is 0. The molecule has 1 aromatic rings. The highest BCUT2D eigenvalue weighted by Gasteiger charge is 2.22. The summed E-state index contributed by atoms with van der Waals surface area (Å²) in [5.74, 6) is 2.23. The van der Waals surface area contributed by atoms with Crippen LogP contribution in [0.5, 0.6) is 0 Å². The Kier molecular flexibility index (Phi) is 17.4. The molecule has 0 amide bonds. The summed E-state index contributed by atoms with van der Waals surface area (Å²) in [7, 11) is 0. The lowest BCUT2D eigenvalue weighted by Gasteiger charge is -2.14. The standard InChI is InChI=1S/C27H52N2/c1-4-7-9-11-13-14-16-18-20-22-26(21-19-17-15-12-10-8-5-2)27-28-23-25-29(27)24-6-3/h23,25-26H,4-22,24H2,1-3H3/p+1/t26-/m0/s1. The number of nitrogens with zero attached hydrogens (tertiary/aromatic N) is 1. The fourth-order valence-electron chi connectivity index (χ4n) is 4.63. The van der Waals surface area contributed by atoms with Gasteiger partial charge < -0.3 is 0 Å². The molecule has 0 radical (unpaired) electrons. The highest BCUT2D eigenvalue weighted by molar-refractivity contribution is 4.90. The fraction of sp³-hybridized carbons (Fsp3) is 0.889. The number of H-pyrrole nitrogens is 1. The largest absolute Gasteiger partial charge is 0.257 e. The van der Waals surface area contributed by atoms with E-state index in [0.717, 1.165) is 12.5 Å². The van der Waals surface area contributed by atoms with Gasteiger partial charge in [-0.2, -0.15) is 0 Å². The van der Waals surface area contributed by atoms with Crippen molar-refractivity contribution in [3.63, 3.8) is 0 Å². The fourth-order valence-corrected chi connectivity index (χ4v) is 4.63. The van der Waals surface area contributed by atoms with E-state index in [0.29, 0.717) is 0 Å². The zero-order chi connectivity index (χ0) is 21.0. The third-order valence-electron chi connectivity index (χ3n) is 6.46. The van der Waals surface area contributed by atoms with Crippen LogP contribution < -0.4 is 4.57 Å². The van der Waals surface area contributed by atoms with E-state index in [1.165, 1.54) is 128 Å². The highest BCUT2D eigenvalue weighted by atomic mass is 15.1. The van der Waals surface area contributed by atoms with Crippen molar-refractivity contribution in [2.75, 3.05) is 0 Å². The lowest BCUT2D eigenvalue weighted by atomic mass is 9.93. The SMILES string of the molecule is CCCCCCCCCCC[C@H](CCCCCCCCC)c1[nH]cc[n+]1CCC. The van der Waals surface area contributed by atoms with Crippen molar-refractivity contribution in [1.82, 2.24) is 4.98 Å². The zero-order valence-corrected chi connectivity index (χ0v) is 20.3. The van der Waals surface area contributed by atoms with Crippen LogP contribution in [0.15, 0.2) is 12.4 Å². The van der Waals surface area contributed by atoms with Crippen molar-refractivity contribution in [3.05, 3.63) is 18.2 Å². The van der Waals surface area contributed by atoms with Gasteiger partial charge in [0.1, 0.15) is 12.4 Å². The van der Waals surface area contributed by atoms with E-state index in [1.807, 2.05) is 0 Å². The molecule has 0 saturated carbocycles. The second-order valence-corrected chi connectivity index (χ2v) is 9.26. The molecule has 2 heteroatoms. The van der Waals surface area contributed by atoms with Crippen molar-refractivity contribution in [3.8, 4) is 0 Å². The number of nitrogens with one attached hydrogen (secondary N) is 1. The second-order valence-electron chi connectivity index (χ2n) is 9.26. The smallest absolute Gasteiger partial charge is 0.247 e. The molecule has 0 bridgehead atoms. The number of aromatic amines is 1. The number of rotatable bonds is 21. The first-order chi connectivity index (χ1) is 14.3. The monoisotopic (exact) mass is 405 g/mol. The van der Waals surface area contributed by atoms with Crippen molar-refractivity contribution in [2.45, 2.75) is 155 Å². The lowest BCUT2D eigenvalue weighted by Crippen LogP contribution is -2.37. The van der Waals surface area contributed by atoms with E-state index in [4.69, 9.17) is 0 Å². The third-order valence-corrected chi connectivity index (χ3v) is 6.46. The Bertz CT molecular complexity index is 451. The molecule has 29 heavy (non-hydrogen) atoms. The topological polar surface area (TPSA) is 19.7 Å². The number of hydrogen-bond acceptors (Lipinski definition) is 0. The molecule has 1 rings (SSSR count). The minimum absolute atomic E-state index is 0.733. The molecule has 0 spiro atoms. The summed E-state index contributed by atoms with van der Waals surface area (Å²) in [6.45, 7) is 8.05. The van der Waals surface area contributed by atoms with E-state index in [2.05, 4.69) is 42.7 Å². The molecule has 0 unspecified atom stereocenters. The third kappa shape index (κ3) is 13.2. The number of aryl methyl sites for hydroxylation is 1. The van der Waals surface area contributed by atoms with E-state index in [9.17, 15) is 0 Å². The molecular weight excluding hydrogens is 352 g/mol. The maximum absolute atomic E-state index is 3.60. The summed E-state index contributed by atoms with van der Waals surface area (Å²) >= 11 is 0. The van der Waals surface area contributed by atoms with Gasteiger partial charge in [-0.3, -0.25) is 0 Å². The van der Waals surface area contributed by atoms with Gasteiger partial charge in [-0.15, -0.1) is 0 Å². The molecule has 0 aliphatic carbocycles. The summed E-state index contributed by atoms with van der Waals surface area (Å²) < 4.78 is 2.49. The molecule has 0 saturated heterocycles. The van der Waals surface area contributed by atoms with Crippen LogP contribution in [-0.2, 0) is 6.54 Å². The van der Waals surface area contributed by atoms with Crippen molar-refractivity contribution in [2.24, 2.45) is 0 Å². The Balaban J connectivity index is 2.31. The average molecular weight is 406 g/mol. The van der Waals surface area contributed by atoms with Crippen LogP contribution in [0.3, 0.4) is 0 Å². The molecule has 1 aromatic heterocycles. The van der Waals surface area contributed by atoms with Gasteiger partial charge in [-0.05, 0) is 19.3 Å². The molecule has 0 aliphatic rings. The Morgan fingerprint density at radius 1 is 0.621 bits per heavy atom. The van der Waals surface area contributed by atoms with E-state index >= 15 is 0 Å². The maximum atomic E-state index is 3.60. The number of imidazole rings is 1. The summed E-state index contributed by atoms with van der Waals surface area (Å²) in [4.78, 5) is 3.60. The van der Waals surface area contributed by atoms with Crippen molar-refractivity contribution < 1.29 is 4.57 Å². The molecule has 170 valence electrons. The van der Waals surface area contributed by atoms with Gasteiger partial charge in [-0.25, -0.2) is 9.55 Å². The van der Waals surface area contributed by atoms with E-state index in [-0.39, 0.29) is 0 Å². The van der Waals surface area contributed by atoms with Crippen LogP contribution in [0.25, 0.3) is 0 Å². The van der Waals surface area contributed by atoms with Crippen LogP contribution in [0, 0.1) is 0 Å². The number of aromatic nitrogens is 2. The first kappa shape index (κ1) is 26.2. The Morgan fingerprint density at radius 3 is 1.52 bits per heavy atom. The second kappa shape index (κ2) is 19.2. The van der Waals surface area contributed by atoms with E-state index < -0.39 is 0 Å². The van der Waals surface area contributed by atoms with Gasteiger partial charge in [-0.1, -0.05) is 124 Å². The quantitative estimate of drug-likeness (QED) is 0.156. The van der Waals surface area contributed by atoms with E-state index in [1.54, 1.807) is 0 Å². The number of unbranched alkanes of at least 4 members (excludes halogenated alkanes) is 14. The summed E-state index contributed by atoms with van der Waals surface area (Å²) in [6, 6.07) is 0. The first-order valence-corrected chi connectivity index (χ1v) is 13.4. The first-order valence-electron chi connectivity index (χ1n) is 13.4. The van der Waals surface area contributed by atoms with Gasteiger partial charge in [0.2, 0.25) is 0 Å². The minimum Gasteiger partial charge on any atom is -0.247 e. The molecule has 1 atom stereocenters. The van der Waals surface area contributed by atoms with Crippen molar-refractivity contribution in [1.29, 1.82) is 0 Å². The van der Waals surface area contributed by atoms with Gasteiger partial charge >= 0.3 is 0 Å². The molecule has 0 fully saturated rings. The van der Waals surface area contributed by atoms with Gasteiger partial charge in [0, 0.05) is 0 Å². The minimum atomic E-state index is 0.733. The van der Waals surface area contributed by atoms with Crippen LogP contribution >= 0.6 is 0 Å². The Labute approximate surface area is 183 Å². The van der Waals surface area contributed by atoms with Crippen LogP contribution in [0.1, 0.15) is 155 Å². The molecule has 0 aliphatic heterocycles. The zero-order valence-electron chi connectivity index (χ0n) is 20.3. The van der Waals surface area contributed by atoms with Crippen molar-refractivity contribution >= 4 is 0 Å². The van der Waals surface area contributed by atoms with Crippen LogP contribution in [0.2, 0.25) is 0 Å². The van der Waals surface area contributed by atoms with Gasteiger partial charge in [0.25, 0.3) is 5.82 Å². The predicted octanol–water partition coefficient (Wildman–Crippen LogP) is 8.86. The Hall–Kier alpha value is -0.790. The Morgan fingerprint density at radius 2 is 1.07 bits per heavy atom. The molecular formula is C27H53N2+. The molecule has 1 N–H and O–H groups in total. The van der Waals surface area contributed by atoms with Gasteiger partial charge in [0.05, 0.1) is 12.5 Å². The summed E-state index contributed by atoms with van der Waals surface area (Å²) in [6.07, 6.45) is 31.1. The predicted molar refractivity (Wildman–Crippen MR) is 128 cm³/mol. The number of hydrogen-bond donors (Lipinski definition) is 1.